The van der Waals surface area contributed by atoms with Crippen molar-refractivity contribution in [2.45, 2.75) is 12.8 Å². The molecule has 11 heavy (non-hydrogen) atoms. The minimum absolute atomic E-state index is 0.783. The molecule has 1 aromatic rings. The van der Waals surface area contributed by atoms with Gasteiger partial charge >= 0.3 is 0 Å². The summed E-state index contributed by atoms with van der Waals surface area (Å²) < 4.78 is 5.42. The molecule has 1 heterocycles. The fourth-order valence-corrected chi connectivity index (χ4v) is 1.36. The van der Waals surface area contributed by atoms with Gasteiger partial charge in [0.25, 0.3) is 0 Å². The molecule has 0 amide bonds. The third-order valence-corrected chi connectivity index (χ3v) is 1.94. The Morgan fingerprint density at radius 3 is 3.18 bits per heavy atom. The Balaban J connectivity index is 2.43. The highest BCUT2D eigenvalue weighted by atomic mass is 16.5. The molecular weight excluding hydrogens is 135 g/mol. The van der Waals surface area contributed by atoms with E-state index in [9.17, 15) is 0 Å². The van der Waals surface area contributed by atoms with Gasteiger partial charge < -0.3 is 4.74 Å². The Morgan fingerprint density at radius 1 is 1.36 bits per heavy atom. The second kappa shape index (κ2) is 2.61. The number of hydrogen-bond acceptors (Lipinski definition) is 1. The van der Waals surface area contributed by atoms with E-state index in [2.05, 4.69) is 0 Å². The van der Waals surface area contributed by atoms with Gasteiger partial charge in [0.15, 0.2) is 0 Å². The molecule has 1 aliphatic rings. The molecule has 1 aromatic carbocycles. The SMILES string of the molecule is [B]c1ccc2c(c1)OCCC2. The lowest BCUT2D eigenvalue weighted by atomic mass is 9.93. The normalized spacial score (nSPS) is 15.3. The second-order valence-electron chi connectivity index (χ2n) is 2.82. The largest absolute Gasteiger partial charge is 0.493 e. The van der Waals surface area contributed by atoms with Crippen LogP contribution < -0.4 is 10.2 Å². The van der Waals surface area contributed by atoms with E-state index in [1.807, 2.05) is 18.2 Å². The summed E-state index contributed by atoms with van der Waals surface area (Å²) in [7, 11) is 5.60. The highest BCUT2D eigenvalue weighted by Crippen LogP contribution is 2.22. The summed E-state index contributed by atoms with van der Waals surface area (Å²) in [4.78, 5) is 0. The molecule has 0 unspecified atom stereocenters. The number of benzene rings is 1. The maximum Gasteiger partial charge on any atom is 0.121 e. The molecule has 2 rings (SSSR count). The van der Waals surface area contributed by atoms with E-state index in [0.717, 1.165) is 30.7 Å². The molecule has 0 saturated heterocycles. The molecule has 0 saturated carbocycles. The van der Waals surface area contributed by atoms with Crippen molar-refractivity contribution in [2.75, 3.05) is 6.61 Å². The molecule has 0 fully saturated rings. The van der Waals surface area contributed by atoms with E-state index in [1.165, 1.54) is 5.56 Å². The fraction of sp³-hybridized carbons (Fsp3) is 0.333. The maximum absolute atomic E-state index is 5.60. The summed E-state index contributed by atoms with van der Waals surface area (Å²) in [5.41, 5.74) is 2.07. The van der Waals surface area contributed by atoms with Gasteiger partial charge in [0.1, 0.15) is 13.6 Å². The third kappa shape index (κ3) is 1.25. The van der Waals surface area contributed by atoms with Crippen LogP contribution in [0.1, 0.15) is 12.0 Å². The minimum atomic E-state index is 0.783. The van der Waals surface area contributed by atoms with Gasteiger partial charge in [0.05, 0.1) is 6.61 Å². The van der Waals surface area contributed by atoms with Crippen LogP contribution in [0, 0.1) is 0 Å². The average Bonchev–Trinajstić information content (AvgIpc) is 2.04. The number of rotatable bonds is 0. The summed E-state index contributed by atoms with van der Waals surface area (Å²) in [6.07, 6.45) is 2.24. The average molecular weight is 144 g/mol. The first kappa shape index (κ1) is 6.77. The number of hydrogen-bond donors (Lipinski definition) is 0. The van der Waals surface area contributed by atoms with Crippen LogP contribution in [0.2, 0.25) is 0 Å². The van der Waals surface area contributed by atoms with Gasteiger partial charge in [-0.05, 0) is 24.5 Å². The van der Waals surface area contributed by atoms with Crippen LogP contribution in [0.25, 0.3) is 0 Å². The molecule has 1 aliphatic heterocycles. The number of ether oxygens (including phenoxy) is 1. The summed E-state index contributed by atoms with van der Waals surface area (Å²) in [5, 5.41) is 0. The van der Waals surface area contributed by atoms with Gasteiger partial charge in [-0.1, -0.05) is 17.6 Å². The van der Waals surface area contributed by atoms with Gasteiger partial charge in [-0.3, -0.25) is 0 Å². The van der Waals surface area contributed by atoms with Crippen molar-refractivity contribution >= 4 is 13.3 Å². The first-order chi connectivity index (χ1) is 5.36. The molecule has 0 bridgehead atoms. The molecule has 1 nitrogen and oxygen atoms in total. The van der Waals surface area contributed by atoms with Gasteiger partial charge in [-0.25, -0.2) is 0 Å². The van der Waals surface area contributed by atoms with Crippen LogP contribution in [0.15, 0.2) is 18.2 Å². The van der Waals surface area contributed by atoms with Crippen molar-refractivity contribution in [1.82, 2.24) is 0 Å². The van der Waals surface area contributed by atoms with Gasteiger partial charge in [-0.2, -0.15) is 0 Å². The van der Waals surface area contributed by atoms with Crippen molar-refractivity contribution in [3.8, 4) is 5.75 Å². The quantitative estimate of drug-likeness (QED) is 0.489. The highest BCUT2D eigenvalue weighted by Gasteiger charge is 2.08. The number of fused-ring (bicyclic) bond motifs is 1. The maximum atomic E-state index is 5.60. The van der Waals surface area contributed by atoms with E-state index in [4.69, 9.17) is 12.6 Å². The van der Waals surface area contributed by atoms with Gasteiger partial charge in [0, 0.05) is 0 Å². The van der Waals surface area contributed by atoms with Crippen molar-refractivity contribution in [1.29, 1.82) is 0 Å². The van der Waals surface area contributed by atoms with E-state index >= 15 is 0 Å². The Labute approximate surface area is 67.8 Å². The topological polar surface area (TPSA) is 9.23 Å². The number of aryl methyl sites for hydroxylation is 1. The minimum Gasteiger partial charge on any atom is -0.493 e. The van der Waals surface area contributed by atoms with Crippen molar-refractivity contribution in [3.05, 3.63) is 23.8 Å². The zero-order valence-electron chi connectivity index (χ0n) is 6.34. The first-order valence-corrected chi connectivity index (χ1v) is 3.87. The molecule has 0 spiro atoms. The molecular formula is C9H9BO. The third-order valence-electron chi connectivity index (χ3n) is 1.94. The van der Waals surface area contributed by atoms with Crippen LogP contribution in [-0.2, 0) is 6.42 Å². The zero-order chi connectivity index (χ0) is 7.68. The second-order valence-corrected chi connectivity index (χ2v) is 2.82. The Hall–Kier alpha value is -0.915. The van der Waals surface area contributed by atoms with Crippen molar-refractivity contribution < 1.29 is 4.74 Å². The Morgan fingerprint density at radius 2 is 2.27 bits per heavy atom. The Bertz CT molecular complexity index is 270. The van der Waals surface area contributed by atoms with Crippen LogP contribution >= 0.6 is 0 Å². The molecule has 2 radical (unpaired) electrons. The predicted molar refractivity (Wildman–Crippen MR) is 45.6 cm³/mol. The van der Waals surface area contributed by atoms with E-state index in [-0.39, 0.29) is 0 Å². The first-order valence-electron chi connectivity index (χ1n) is 3.87. The van der Waals surface area contributed by atoms with E-state index in [1.54, 1.807) is 0 Å². The van der Waals surface area contributed by atoms with Crippen LogP contribution in [0.4, 0.5) is 0 Å². The van der Waals surface area contributed by atoms with Crippen LogP contribution in [0.3, 0.4) is 0 Å². The molecule has 0 aromatic heterocycles. The summed E-state index contributed by atoms with van der Waals surface area (Å²) in [6.45, 7) is 0.830. The lowest BCUT2D eigenvalue weighted by molar-refractivity contribution is 0.288. The predicted octanol–water partition coefficient (Wildman–Crippen LogP) is 0.805. The zero-order valence-corrected chi connectivity index (χ0v) is 6.34. The smallest absolute Gasteiger partial charge is 0.121 e. The highest BCUT2D eigenvalue weighted by molar-refractivity contribution is 6.32. The molecule has 54 valence electrons. The fourth-order valence-electron chi connectivity index (χ4n) is 1.36. The Kier molecular flexibility index (Phi) is 1.61. The molecule has 0 atom stereocenters. The summed E-state index contributed by atoms with van der Waals surface area (Å²) in [5.74, 6) is 0.969. The molecule has 0 aliphatic carbocycles. The standard InChI is InChI=1S/C9H9BO/c10-8-4-3-7-2-1-5-11-9(7)6-8/h3-4,6H,1-2,5H2. The summed E-state index contributed by atoms with van der Waals surface area (Å²) >= 11 is 0. The van der Waals surface area contributed by atoms with E-state index < -0.39 is 0 Å². The lowest BCUT2D eigenvalue weighted by Crippen LogP contribution is -2.12. The van der Waals surface area contributed by atoms with Crippen molar-refractivity contribution in [3.63, 3.8) is 0 Å². The van der Waals surface area contributed by atoms with Gasteiger partial charge in [-0.15, -0.1) is 0 Å². The van der Waals surface area contributed by atoms with Crippen LogP contribution in [-0.4, -0.2) is 14.5 Å². The summed E-state index contributed by atoms with van der Waals surface area (Å²) in [6, 6.07) is 5.87. The van der Waals surface area contributed by atoms with E-state index in [0.29, 0.717) is 0 Å². The monoisotopic (exact) mass is 144 g/mol. The lowest BCUT2D eigenvalue weighted by Gasteiger charge is -2.17. The van der Waals surface area contributed by atoms with Crippen molar-refractivity contribution in [2.24, 2.45) is 0 Å². The van der Waals surface area contributed by atoms with Crippen LogP contribution in [0.5, 0.6) is 5.75 Å². The molecule has 2 heteroatoms. The van der Waals surface area contributed by atoms with Gasteiger partial charge in [0.2, 0.25) is 0 Å². The molecule has 0 N–H and O–H groups in total.